The number of carbonyl (C=O) groups excluding carboxylic acids is 1. The average molecular weight is 459 g/mol. The molecular formula is C30H50O3. The Bertz CT molecular complexity index is 811. The van der Waals surface area contributed by atoms with Gasteiger partial charge in [-0.2, -0.15) is 0 Å². The van der Waals surface area contributed by atoms with E-state index in [0.717, 1.165) is 57.8 Å². The zero-order valence-corrected chi connectivity index (χ0v) is 22.5. The number of hydrogen-bond donors (Lipinski definition) is 2. The number of allylic oxidation sites excluding steroid dienone is 1. The van der Waals surface area contributed by atoms with Crippen LogP contribution in [-0.4, -0.2) is 27.7 Å². The second kappa shape index (κ2) is 7.92. The number of hydrogen-bond acceptors (Lipinski definition) is 3. The van der Waals surface area contributed by atoms with Gasteiger partial charge in [0.1, 0.15) is 5.78 Å². The number of fused-ring (bicyclic) bond motifs is 5. The topological polar surface area (TPSA) is 57.5 Å². The Balaban J connectivity index is 1.65. The van der Waals surface area contributed by atoms with E-state index in [1.165, 1.54) is 5.57 Å². The van der Waals surface area contributed by atoms with E-state index in [4.69, 9.17) is 0 Å². The summed E-state index contributed by atoms with van der Waals surface area (Å²) in [7, 11) is 0. The van der Waals surface area contributed by atoms with Crippen LogP contribution in [0.15, 0.2) is 12.2 Å². The third kappa shape index (κ3) is 3.53. The molecule has 0 saturated heterocycles. The molecule has 0 heterocycles. The van der Waals surface area contributed by atoms with E-state index >= 15 is 0 Å². The van der Waals surface area contributed by atoms with Crippen molar-refractivity contribution in [1.29, 1.82) is 0 Å². The zero-order chi connectivity index (χ0) is 24.6. The lowest BCUT2D eigenvalue weighted by molar-refractivity contribution is -0.232. The summed E-state index contributed by atoms with van der Waals surface area (Å²) in [5.41, 5.74) is 0.430. The summed E-state index contributed by atoms with van der Waals surface area (Å²) >= 11 is 0. The summed E-state index contributed by atoms with van der Waals surface area (Å²) < 4.78 is 0. The Morgan fingerprint density at radius 3 is 2.33 bits per heavy atom. The molecule has 2 N–H and O–H groups in total. The van der Waals surface area contributed by atoms with Crippen molar-refractivity contribution in [3.05, 3.63) is 12.2 Å². The maximum Gasteiger partial charge on any atom is 0.138 e. The molecule has 4 aliphatic carbocycles. The van der Waals surface area contributed by atoms with Crippen molar-refractivity contribution in [1.82, 2.24) is 0 Å². The van der Waals surface area contributed by atoms with Gasteiger partial charge in [-0.15, -0.1) is 6.58 Å². The first-order valence-electron chi connectivity index (χ1n) is 13.7. The summed E-state index contributed by atoms with van der Waals surface area (Å²) in [6, 6.07) is 0. The minimum atomic E-state index is -0.748. The maximum atomic E-state index is 12.9. The number of Topliss-reactive ketones (excluding diaryl/α,β-unsaturated/α-hetero) is 1. The van der Waals surface area contributed by atoms with E-state index in [0.29, 0.717) is 24.0 Å². The predicted octanol–water partition coefficient (Wildman–Crippen LogP) is 6.71. The van der Waals surface area contributed by atoms with Gasteiger partial charge in [0.05, 0.1) is 11.7 Å². The zero-order valence-electron chi connectivity index (χ0n) is 22.5. The van der Waals surface area contributed by atoms with Crippen LogP contribution in [0.25, 0.3) is 0 Å². The van der Waals surface area contributed by atoms with E-state index in [1.807, 2.05) is 6.92 Å². The van der Waals surface area contributed by atoms with Crippen LogP contribution >= 0.6 is 0 Å². The number of ketones is 1. The molecule has 188 valence electrons. The first-order chi connectivity index (χ1) is 15.1. The lowest BCUT2D eigenvalue weighted by atomic mass is 9.35. The Kier molecular flexibility index (Phi) is 6.10. The van der Waals surface area contributed by atoms with Crippen molar-refractivity contribution >= 4 is 5.78 Å². The van der Waals surface area contributed by atoms with Crippen molar-refractivity contribution < 1.29 is 15.0 Å². The normalized spacial score (nSPS) is 48.4. The van der Waals surface area contributed by atoms with Crippen molar-refractivity contribution in [2.45, 2.75) is 124 Å². The van der Waals surface area contributed by atoms with Crippen molar-refractivity contribution in [3.63, 3.8) is 0 Å². The Morgan fingerprint density at radius 2 is 1.70 bits per heavy atom. The van der Waals surface area contributed by atoms with Gasteiger partial charge in [0.25, 0.3) is 0 Å². The fourth-order valence-corrected chi connectivity index (χ4v) is 10.2. The van der Waals surface area contributed by atoms with Gasteiger partial charge in [-0.05, 0) is 112 Å². The van der Waals surface area contributed by atoms with Gasteiger partial charge < -0.3 is 10.2 Å². The molecule has 0 radical (unpaired) electrons. The molecule has 0 aromatic rings. The molecule has 0 spiro atoms. The molecule has 9 unspecified atom stereocenters. The molecule has 4 rings (SSSR count). The largest absolute Gasteiger partial charge is 0.393 e. The molecule has 0 aromatic heterocycles. The molecule has 4 saturated carbocycles. The van der Waals surface area contributed by atoms with Crippen LogP contribution in [0.3, 0.4) is 0 Å². The number of aliphatic hydroxyl groups is 2. The lowest BCUT2D eigenvalue weighted by Gasteiger charge is -2.69. The molecule has 3 heteroatoms. The standard InChI is InChI=1S/C30H50O3/c1-19(2)10-9-14-30(8,33)20-11-16-29(7)25(20)21(31)18-23-27(5)15-13-24(32)26(3,4)22(27)12-17-28(23,29)6/h20-23,25,31,33H,1,9-18H2,2-8H3. The van der Waals surface area contributed by atoms with E-state index in [9.17, 15) is 15.0 Å². The van der Waals surface area contributed by atoms with Gasteiger partial charge in [0.15, 0.2) is 0 Å². The van der Waals surface area contributed by atoms with Crippen molar-refractivity contribution in [2.24, 2.45) is 45.3 Å². The number of carbonyl (C=O) groups is 1. The van der Waals surface area contributed by atoms with E-state index in [-0.39, 0.29) is 39.6 Å². The summed E-state index contributed by atoms with van der Waals surface area (Å²) in [4.78, 5) is 12.9. The molecule has 9 atom stereocenters. The molecule has 0 bridgehead atoms. The fraction of sp³-hybridized carbons (Fsp3) is 0.900. The van der Waals surface area contributed by atoms with E-state index in [1.54, 1.807) is 0 Å². The highest BCUT2D eigenvalue weighted by Gasteiger charge is 2.71. The minimum Gasteiger partial charge on any atom is -0.393 e. The van der Waals surface area contributed by atoms with E-state index < -0.39 is 5.60 Å². The minimum absolute atomic E-state index is 0.0257. The van der Waals surface area contributed by atoms with Crippen molar-refractivity contribution in [2.75, 3.05) is 0 Å². The van der Waals surface area contributed by atoms with Gasteiger partial charge in [0, 0.05) is 11.8 Å². The van der Waals surface area contributed by atoms with Gasteiger partial charge in [-0.3, -0.25) is 4.79 Å². The van der Waals surface area contributed by atoms with Crippen LogP contribution in [0.5, 0.6) is 0 Å². The number of aliphatic hydroxyl groups excluding tert-OH is 1. The molecule has 33 heavy (non-hydrogen) atoms. The summed E-state index contributed by atoms with van der Waals surface area (Å²) in [6.07, 6.45) is 9.15. The van der Waals surface area contributed by atoms with Crippen LogP contribution in [0.4, 0.5) is 0 Å². The molecule has 4 fully saturated rings. The average Bonchev–Trinajstić information content (AvgIpc) is 3.08. The predicted molar refractivity (Wildman–Crippen MR) is 135 cm³/mol. The summed E-state index contributed by atoms with van der Waals surface area (Å²) in [5, 5.41) is 23.4. The van der Waals surface area contributed by atoms with Crippen LogP contribution in [-0.2, 0) is 4.79 Å². The molecule has 0 aromatic carbocycles. The van der Waals surface area contributed by atoms with Crippen LogP contribution in [0.1, 0.15) is 113 Å². The highest BCUT2D eigenvalue weighted by Crippen LogP contribution is 2.75. The second-order valence-corrected chi connectivity index (χ2v) is 14.3. The Hall–Kier alpha value is -0.670. The SMILES string of the molecule is C=C(C)CCCC(C)(O)C1CCC2(C)C1C(O)CC1C3(C)CCC(=O)C(C)(C)C3CCC12C. The summed E-state index contributed by atoms with van der Waals surface area (Å²) in [5.74, 6) is 1.56. The maximum absolute atomic E-state index is 12.9. The van der Waals surface area contributed by atoms with Gasteiger partial charge >= 0.3 is 0 Å². The van der Waals surface area contributed by atoms with Gasteiger partial charge in [-0.1, -0.05) is 40.2 Å². The third-order valence-electron chi connectivity index (χ3n) is 12.2. The monoisotopic (exact) mass is 458 g/mol. The number of rotatable bonds is 5. The van der Waals surface area contributed by atoms with Crippen LogP contribution in [0, 0.1) is 45.3 Å². The van der Waals surface area contributed by atoms with Crippen LogP contribution in [0.2, 0.25) is 0 Å². The smallest absolute Gasteiger partial charge is 0.138 e. The molecule has 3 nitrogen and oxygen atoms in total. The Labute approximate surface area is 202 Å². The first kappa shape index (κ1) is 25.4. The van der Waals surface area contributed by atoms with Crippen molar-refractivity contribution in [3.8, 4) is 0 Å². The van der Waals surface area contributed by atoms with Crippen LogP contribution < -0.4 is 0 Å². The van der Waals surface area contributed by atoms with Gasteiger partial charge in [-0.25, -0.2) is 0 Å². The molecular weight excluding hydrogens is 408 g/mol. The van der Waals surface area contributed by atoms with E-state index in [2.05, 4.69) is 48.1 Å². The Morgan fingerprint density at radius 1 is 1.06 bits per heavy atom. The second-order valence-electron chi connectivity index (χ2n) is 14.3. The summed E-state index contributed by atoms with van der Waals surface area (Å²) in [6.45, 7) is 19.9. The third-order valence-corrected chi connectivity index (χ3v) is 12.2. The highest BCUT2D eigenvalue weighted by atomic mass is 16.3. The van der Waals surface area contributed by atoms with Gasteiger partial charge in [0.2, 0.25) is 0 Å². The molecule has 0 amide bonds. The lowest BCUT2D eigenvalue weighted by Crippen LogP contribution is -2.66. The molecule has 4 aliphatic rings. The first-order valence-corrected chi connectivity index (χ1v) is 13.7. The quantitative estimate of drug-likeness (QED) is 0.450. The molecule has 0 aliphatic heterocycles. The highest BCUT2D eigenvalue weighted by molar-refractivity contribution is 5.85. The fourth-order valence-electron chi connectivity index (χ4n) is 10.2.